The lowest BCUT2D eigenvalue weighted by molar-refractivity contribution is 0.757. The van der Waals surface area contributed by atoms with Gasteiger partial charge < -0.3 is 11.1 Å². The molecule has 0 aliphatic heterocycles. The Bertz CT molecular complexity index is 358. The Morgan fingerprint density at radius 3 is 2.73 bits per heavy atom. The predicted molar refractivity (Wildman–Crippen MR) is 61.7 cm³/mol. The molecule has 0 amide bonds. The molecule has 1 aromatic rings. The van der Waals surface area contributed by atoms with Crippen molar-refractivity contribution >= 4 is 11.6 Å². The van der Waals surface area contributed by atoms with E-state index in [2.05, 4.69) is 15.3 Å². The van der Waals surface area contributed by atoms with Gasteiger partial charge in [0.05, 0.1) is 0 Å². The molecule has 3 N–H and O–H groups in total. The van der Waals surface area contributed by atoms with Gasteiger partial charge in [0, 0.05) is 12.1 Å². The van der Waals surface area contributed by atoms with E-state index in [1.165, 1.54) is 19.3 Å². The standard InChI is InChI=1S/C11H18N4/c1-7-10(12)14-8(2)15-11(7)13-6-5-9-3-4-9/h9H,3-6H2,1-2H3,(H3,12,13,14,15). The topological polar surface area (TPSA) is 63.8 Å². The fraction of sp³-hybridized carbons (Fsp3) is 0.636. The molecule has 1 aliphatic carbocycles. The first-order valence-corrected chi connectivity index (χ1v) is 5.51. The Kier molecular flexibility index (Phi) is 2.75. The first kappa shape index (κ1) is 10.2. The summed E-state index contributed by atoms with van der Waals surface area (Å²) in [6.07, 6.45) is 4.03. The van der Waals surface area contributed by atoms with Crippen molar-refractivity contribution in [3.63, 3.8) is 0 Å². The van der Waals surface area contributed by atoms with Crippen LogP contribution < -0.4 is 11.1 Å². The van der Waals surface area contributed by atoms with Gasteiger partial charge in [0.15, 0.2) is 0 Å². The average Bonchev–Trinajstić information content (AvgIpc) is 2.97. The Balaban J connectivity index is 1.98. The highest BCUT2D eigenvalue weighted by atomic mass is 15.0. The Hall–Kier alpha value is -1.32. The fourth-order valence-electron chi connectivity index (χ4n) is 1.62. The normalized spacial score (nSPS) is 15.3. The smallest absolute Gasteiger partial charge is 0.134 e. The second-order valence-electron chi connectivity index (χ2n) is 4.29. The van der Waals surface area contributed by atoms with Crippen molar-refractivity contribution in [2.75, 3.05) is 17.6 Å². The van der Waals surface area contributed by atoms with Gasteiger partial charge in [0.2, 0.25) is 0 Å². The molecule has 0 aromatic carbocycles. The second-order valence-corrected chi connectivity index (χ2v) is 4.29. The van der Waals surface area contributed by atoms with Crippen molar-refractivity contribution in [1.29, 1.82) is 0 Å². The highest BCUT2D eigenvalue weighted by Gasteiger charge is 2.20. The third-order valence-corrected chi connectivity index (χ3v) is 2.84. The molecule has 1 saturated carbocycles. The predicted octanol–water partition coefficient (Wildman–Crippen LogP) is 1.89. The Morgan fingerprint density at radius 2 is 2.07 bits per heavy atom. The molecule has 0 spiro atoms. The van der Waals surface area contributed by atoms with Gasteiger partial charge in [-0.2, -0.15) is 0 Å². The summed E-state index contributed by atoms with van der Waals surface area (Å²) < 4.78 is 0. The monoisotopic (exact) mass is 206 g/mol. The van der Waals surface area contributed by atoms with Crippen LogP contribution in [0.25, 0.3) is 0 Å². The van der Waals surface area contributed by atoms with Crippen LogP contribution >= 0.6 is 0 Å². The summed E-state index contributed by atoms with van der Waals surface area (Å²) in [4.78, 5) is 8.46. The molecule has 1 aliphatic rings. The fourth-order valence-corrected chi connectivity index (χ4v) is 1.62. The van der Waals surface area contributed by atoms with Gasteiger partial charge in [-0.3, -0.25) is 0 Å². The van der Waals surface area contributed by atoms with Gasteiger partial charge in [0.1, 0.15) is 17.5 Å². The summed E-state index contributed by atoms with van der Waals surface area (Å²) in [7, 11) is 0. The van der Waals surface area contributed by atoms with Crippen LogP contribution in [0.15, 0.2) is 0 Å². The van der Waals surface area contributed by atoms with E-state index in [1.807, 2.05) is 13.8 Å². The van der Waals surface area contributed by atoms with E-state index in [4.69, 9.17) is 5.73 Å². The molecule has 0 atom stereocenters. The van der Waals surface area contributed by atoms with Crippen molar-refractivity contribution in [2.24, 2.45) is 5.92 Å². The summed E-state index contributed by atoms with van der Waals surface area (Å²) in [6, 6.07) is 0. The number of nitrogens with two attached hydrogens (primary N) is 1. The van der Waals surface area contributed by atoms with Crippen molar-refractivity contribution in [3.05, 3.63) is 11.4 Å². The van der Waals surface area contributed by atoms with E-state index in [1.54, 1.807) is 0 Å². The summed E-state index contributed by atoms with van der Waals surface area (Å²) >= 11 is 0. The number of hydrogen-bond donors (Lipinski definition) is 2. The number of nitrogens with one attached hydrogen (secondary N) is 1. The molecular weight excluding hydrogens is 188 g/mol. The van der Waals surface area contributed by atoms with Crippen LogP contribution in [0, 0.1) is 19.8 Å². The number of nitrogen functional groups attached to an aromatic ring is 1. The van der Waals surface area contributed by atoms with Gasteiger partial charge in [-0.25, -0.2) is 9.97 Å². The zero-order valence-corrected chi connectivity index (χ0v) is 9.38. The molecule has 1 fully saturated rings. The minimum Gasteiger partial charge on any atom is -0.383 e. The molecule has 1 aromatic heterocycles. The van der Waals surface area contributed by atoms with Gasteiger partial charge in [0.25, 0.3) is 0 Å². The van der Waals surface area contributed by atoms with Crippen LogP contribution in [0.3, 0.4) is 0 Å². The van der Waals surface area contributed by atoms with Crippen LogP contribution in [0.4, 0.5) is 11.6 Å². The summed E-state index contributed by atoms with van der Waals surface area (Å²) in [6.45, 7) is 4.80. The van der Waals surface area contributed by atoms with Gasteiger partial charge >= 0.3 is 0 Å². The van der Waals surface area contributed by atoms with E-state index in [0.29, 0.717) is 5.82 Å². The average molecular weight is 206 g/mol. The molecule has 0 unspecified atom stereocenters. The molecule has 0 bridgehead atoms. The van der Waals surface area contributed by atoms with Crippen molar-refractivity contribution < 1.29 is 0 Å². The quantitative estimate of drug-likeness (QED) is 0.789. The SMILES string of the molecule is Cc1nc(N)c(C)c(NCCC2CC2)n1. The van der Waals surface area contributed by atoms with Crippen molar-refractivity contribution in [2.45, 2.75) is 33.1 Å². The lowest BCUT2D eigenvalue weighted by Crippen LogP contribution is -2.09. The maximum atomic E-state index is 5.77. The van der Waals surface area contributed by atoms with E-state index in [-0.39, 0.29) is 0 Å². The van der Waals surface area contributed by atoms with Crippen LogP contribution in [0.2, 0.25) is 0 Å². The van der Waals surface area contributed by atoms with Crippen LogP contribution in [0.1, 0.15) is 30.7 Å². The number of nitrogens with zero attached hydrogens (tertiary/aromatic N) is 2. The lowest BCUT2D eigenvalue weighted by atomic mass is 10.2. The number of aryl methyl sites for hydroxylation is 1. The first-order chi connectivity index (χ1) is 7.16. The molecule has 2 rings (SSSR count). The number of hydrogen-bond acceptors (Lipinski definition) is 4. The largest absolute Gasteiger partial charge is 0.383 e. The van der Waals surface area contributed by atoms with Crippen LogP contribution in [-0.4, -0.2) is 16.5 Å². The van der Waals surface area contributed by atoms with Crippen LogP contribution in [-0.2, 0) is 0 Å². The first-order valence-electron chi connectivity index (χ1n) is 5.51. The summed E-state index contributed by atoms with van der Waals surface area (Å²) in [5.41, 5.74) is 6.73. The maximum absolute atomic E-state index is 5.77. The Morgan fingerprint density at radius 1 is 1.33 bits per heavy atom. The summed E-state index contributed by atoms with van der Waals surface area (Å²) in [5.74, 6) is 3.14. The third-order valence-electron chi connectivity index (χ3n) is 2.84. The van der Waals surface area contributed by atoms with Crippen molar-refractivity contribution in [3.8, 4) is 0 Å². The minimum absolute atomic E-state index is 0.580. The molecule has 0 radical (unpaired) electrons. The van der Waals surface area contributed by atoms with E-state index < -0.39 is 0 Å². The minimum atomic E-state index is 0.580. The number of aromatic nitrogens is 2. The highest BCUT2D eigenvalue weighted by Crippen LogP contribution is 2.32. The summed E-state index contributed by atoms with van der Waals surface area (Å²) in [5, 5.41) is 3.33. The highest BCUT2D eigenvalue weighted by molar-refractivity contribution is 5.54. The molecule has 1 heterocycles. The molecule has 15 heavy (non-hydrogen) atoms. The number of anilines is 2. The van der Waals surface area contributed by atoms with Gasteiger partial charge in [-0.15, -0.1) is 0 Å². The van der Waals surface area contributed by atoms with E-state index in [0.717, 1.165) is 29.7 Å². The second kappa shape index (κ2) is 4.04. The van der Waals surface area contributed by atoms with E-state index >= 15 is 0 Å². The Labute approximate surface area is 90.3 Å². The zero-order valence-electron chi connectivity index (χ0n) is 9.38. The zero-order chi connectivity index (χ0) is 10.8. The van der Waals surface area contributed by atoms with Crippen LogP contribution in [0.5, 0.6) is 0 Å². The van der Waals surface area contributed by atoms with Gasteiger partial charge in [-0.1, -0.05) is 12.8 Å². The van der Waals surface area contributed by atoms with Crippen molar-refractivity contribution in [1.82, 2.24) is 9.97 Å². The van der Waals surface area contributed by atoms with Gasteiger partial charge in [-0.05, 0) is 26.2 Å². The molecule has 0 saturated heterocycles. The maximum Gasteiger partial charge on any atom is 0.134 e. The molecule has 82 valence electrons. The van der Waals surface area contributed by atoms with E-state index in [9.17, 15) is 0 Å². The molecular formula is C11H18N4. The number of rotatable bonds is 4. The third kappa shape index (κ3) is 2.58. The molecule has 4 heteroatoms. The lowest BCUT2D eigenvalue weighted by Gasteiger charge is -2.10. The molecule has 4 nitrogen and oxygen atoms in total.